The van der Waals surface area contributed by atoms with E-state index in [9.17, 15) is 22.2 Å². The van der Waals surface area contributed by atoms with Gasteiger partial charge >= 0.3 is 6.09 Å². The average molecular weight is 582 g/mol. The number of benzene rings is 2. The van der Waals surface area contributed by atoms with Gasteiger partial charge in [-0.3, -0.25) is 14.4 Å². The first-order valence-electron chi connectivity index (χ1n) is 13.9. The minimum atomic E-state index is -4.31. The predicted octanol–water partition coefficient (Wildman–Crippen LogP) is 5.40. The van der Waals surface area contributed by atoms with Crippen LogP contribution in [0.3, 0.4) is 0 Å². The Hall–Kier alpha value is -3.54. The zero-order valence-corrected chi connectivity index (χ0v) is 23.6. The Bertz CT molecular complexity index is 1550. The Labute approximate surface area is 238 Å². The van der Waals surface area contributed by atoms with E-state index in [0.717, 1.165) is 29.7 Å². The smallest absolute Gasteiger partial charge is 0.415 e. The Morgan fingerprint density at radius 1 is 1.10 bits per heavy atom. The highest BCUT2D eigenvalue weighted by Crippen LogP contribution is 2.45. The Balaban J connectivity index is 1.17. The molecule has 216 valence electrons. The van der Waals surface area contributed by atoms with Gasteiger partial charge in [0.05, 0.1) is 23.7 Å². The number of carbonyl (C=O) groups is 1. The van der Waals surface area contributed by atoms with E-state index in [2.05, 4.69) is 11.0 Å². The monoisotopic (exact) mass is 581 g/mol. The maximum Gasteiger partial charge on any atom is 0.415 e. The van der Waals surface area contributed by atoms with Crippen molar-refractivity contribution in [3.05, 3.63) is 71.5 Å². The molecule has 41 heavy (non-hydrogen) atoms. The molecule has 2 aromatic carbocycles. The molecule has 1 saturated carbocycles. The summed E-state index contributed by atoms with van der Waals surface area (Å²) in [6.45, 7) is 4.86. The molecule has 1 spiro atoms. The van der Waals surface area contributed by atoms with Crippen molar-refractivity contribution in [2.45, 2.75) is 55.6 Å². The lowest BCUT2D eigenvalue weighted by atomic mass is 9.91. The number of rotatable bonds is 8. The van der Waals surface area contributed by atoms with Gasteiger partial charge in [0.25, 0.3) is 10.1 Å². The SMILES string of the molecule is CCOc1nc(-c2ccc(F)cc2)c(C2CC2)cc1CN1CCC2(CC1)CN(c1ccc(S(=O)(=O)O)cc1)C(=O)O2. The number of anilines is 1. The van der Waals surface area contributed by atoms with E-state index in [1.165, 1.54) is 46.9 Å². The summed E-state index contributed by atoms with van der Waals surface area (Å²) < 4.78 is 57.4. The van der Waals surface area contributed by atoms with Gasteiger partial charge in [-0.1, -0.05) is 0 Å². The molecular weight excluding hydrogens is 549 g/mol. The molecule has 0 radical (unpaired) electrons. The van der Waals surface area contributed by atoms with Gasteiger partial charge < -0.3 is 9.47 Å². The average Bonchev–Trinajstić information content (AvgIpc) is 3.74. The van der Waals surface area contributed by atoms with Gasteiger partial charge in [-0.15, -0.1) is 0 Å². The first kappa shape index (κ1) is 27.6. The molecule has 6 rings (SSSR count). The summed E-state index contributed by atoms with van der Waals surface area (Å²) in [6, 6.07) is 14.2. The molecular formula is C30H32FN3O6S. The van der Waals surface area contributed by atoms with E-state index in [1.807, 2.05) is 6.92 Å². The van der Waals surface area contributed by atoms with E-state index >= 15 is 0 Å². The minimum Gasteiger partial charge on any atom is -0.478 e. The van der Waals surface area contributed by atoms with Crippen molar-refractivity contribution in [1.29, 1.82) is 0 Å². The van der Waals surface area contributed by atoms with Gasteiger partial charge in [0, 0.05) is 49.3 Å². The summed E-state index contributed by atoms with van der Waals surface area (Å²) in [5.41, 5.74) is 3.80. The maximum absolute atomic E-state index is 13.6. The van der Waals surface area contributed by atoms with Crippen molar-refractivity contribution < 1.29 is 31.6 Å². The lowest BCUT2D eigenvalue weighted by Crippen LogP contribution is -2.46. The van der Waals surface area contributed by atoms with Crippen LogP contribution < -0.4 is 9.64 Å². The summed E-state index contributed by atoms with van der Waals surface area (Å²) in [4.78, 5) is 21.3. The number of piperidine rings is 1. The molecule has 3 heterocycles. The second kappa shape index (κ2) is 10.7. The van der Waals surface area contributed by atoms with Crippen LogP contribution in [0.2, 0.25) is 0 Å². The molecule has 0 bridgehead atoms. The van der Waals surface area contributed by atoms with Crippen LogP contribution in [0.4, 0.5) is 14.9 Å². The summed E-state index contributed by atoms with van der Waals surface area (Å²) in [7, 11) is -4.31. The highest BCUT2D eigenvalue weighted by atomic mass is 32.2. The summed E-state index contributed by atoms with van der Waals surface area (Å²) >= 11 is 0. The molecule has 11 heteroatoms. The molecule has 0 unspecified atom stereocenters. The fourth-order valence-electron chi connectivity index (χ4n) is 5.71. The quantitative estimate of drug-likeness (QED) is 0.352. The van der Waals surface area contributed by atoms with Crippen molar-refractivity contribution in [2.24, 2.45) is 0 Å². The second-order valence-electron chi connectivity index (χ2n) is 11.0. The molecule has 0 atom stereocenters. The highest BCUT2D eigenvalue weighted by Gasteiger charge is 2.47. The largest absolute Gasteiger partial charge is 0.478 e. The first-order chi connectivity index (χ1) is 19.6. The van der Waals surface area contributed by atoms with Crippen molar-refractivity contribution in [1.82, 2.24) is 9.88 Å². The zero-order chi connectivity index (χ0) is 28.8. The van der Waals surface area contributed by atoms with Crippen LogP contribution in [0.1, 0.15) is 49.7 Å². The standard InChI is InChI=1S/C30H32FN3O6S/c1-2-39-28-22(17-26(20-3-4-20)27(32-28)21-5-7-23(31)8-6-21)18-33-15-13-30(14-16-33)19-34(29(35)40-30)24-9-11-25(12-10-24)41(36,37)38/h5-12,17,20H,2-4,13-16,18-19H2,1H3,(H,36,37,38). The predicted molar refractivity (Wildman–Crippen MR) is 150 cm³/mol. The number of likely N-dealkylation sites (tertiary alicyclic amines) is 1. The molecule has 3 aromatic rings. The number of aromatic nitrogens is 1. The number of halogens is 1. The number of hydrogen-bond donors (Lipinski definition) is 1. The van der Waals surface area contributed by atoms with Crippen LogP contribution in [0.15, 0.2) is 59.5 Å². The van der Waals surface area contributed by atoms with Crippen molar-refractivity contribution in [2.75, 3.05) is 31.1 Å². The molecule has 1 aliphatic carbocycles. The van der Waals surface area contributed by atoms with Crippen LogP contribution in [0.5, 0.6) is 5.88 Å². The molecule has 2 aliphatic heterocycles. The van der Waals surface area contributed by atoms with Gasteiger partial charge in [-0.2, -0.15) is 8.42 Å². The number of ether oxygens (including phenoxy) is 2. The number of amides is 1. The first-order valence-corrected chi connectivity index (χ1v) is 15.3. The minimum absolute atomic E-state index is 0.228. The van der Waals surface area contributed by atoms with Crippen LogP contribution in [-0.4, -0.2) is 60.8 Å². The maximum atomic E-state index is 13.6. The normalized spacial score (nSPS) is 19.0. The van der Waals surface area contributed by atoms with E-state index in [-0.39, 0.29) is 10.7 Å². The second-order valence-corrected chi connectivity index (χ2v) is 12.4. The third kappa shape index (κ3) is 5.79. The van der Waals surface area contributed by atoms with Gasteiger partial charge in [0.1, 0.15) is 11.4 Å². The Kier molecular flexibility index (Phi) is 7.21. The molecule has 1 amide bonds. The number of carbonyl (C=O) groups excluding carboxylic acids is 1. The van der Waals surface area contributed by atoms with E-state index in [1.54, 1.807) is 12.1 Å². The van der Waals surface area contributed by atoms with Gasteiger partial charge in [-0.05, 0) is 85.8 Å². The van der Waals surface area contributed by atoms with E-state index in [0.29, 0.717) is 63.1 Å². The Morgan fingerprint density at radius 2 is 1.78 bits per heavy atom. The van der Waals surface area contributed by atoms with Crippen molar-refractivity contribution in [3.8, 4) is 17.1 Å². The topological polar surface area (TPSA) is 109 Å². The molecule has 9 nitrogen and oxygen atoms in total. The fraction of sp³-hybridized carbons (Fsp3) is 0.400. The summed E-state index contributed by atoms with van der Waals surface area (Å²) in [6.07, 6.45) is 3.05. The van der Waals surface area contributed by atoms with E-state index < -0.39 is 21.8 Å². The van der Waals surface area contributed by atoms with Crippen molar-refractivity contribution >= 4 is 21.9 Å². The molecule has 3 fully saturated rings. The zero-order valence-electron chi connectivity index (χ0n) is 22.8. The summed E-state index contributed by atoms with van der Waals surface area (Å²) in [5, 5.41) is 0. The highest BCUT2D eigenvalue weighted by molar-refractivity contribution is 7.85. The van der Waals surface area contributed by atoms with Crippen LogP contribution in [0, 0.1) is 5.82 Å². The van der Waals surface area contributed by atoms with Crippen LogP contribution in [-0.2, 0) is 21.4 Å². The van der Waals surface area contributed by atoms with Gasteiger partial charge in [0.2, 0.25) is 5.88 Å². The summed E-state index contributed by atoms with van der Waals surface area (Å²) in [5.74, 6) is 0.748. The molecule has 1 aromatic heterocycles. The van der Waals surface area contributed by atoms with Crippen LogP contribution in [0.25, 0.3) is 11.3 Å². The molecule has 1 N–H and O–H groups in total. The third-order valence-corrected chi connectivity index (χ3v) is 8.95. The number of pyridine rings is 1. The third-order valence-electron chi connectivity index (χ3n) is 8.09. The lowest BCUT2D eigenvalue weighted by molar-refractivity contribution is -0.00115. The van der Waals surface area contributed by atoms with Gasteiger partial charge in [0.15, 0.2) is 0 Å². The lowest BCUT2D eigenvalue weighted by Gasteiger charge is -2.37. The van der Waals surface area contributed by atoms with E-state index in [4.69, 9.17) is 14.5 Å². The number of hydrogen-bond acceptors (Lipinski definition) is 7. The number of nitrogens with zero attached hydrogens (tertiary/aromatic N) is 3. The Morgan fingerprint density at radius 3 is 2.39 bits per heavy atom. The fourth-order valence-corrected chi connectivity index (χ4v) is 6.19. The molecule has 2 saturated heterocycles. The van der Waals surface area contributed by atoms with Crippen LogP contribution >= 0.6 is 0 Å². The van der Waals surface area contributed by atoms with Gasteiger partial charge in [-0.25, -0.2) is 14.2 Å². The molecule has 3 aliphatic rings. The van der Waals surface area contributed by atoms with Crippen molar-refractivity contribution in [3.63, 3.8) is 0 Å².